The Morgan fingerprint density at radius 2 is 1.65 bits per heavy atom. The van der Waals surface area contributed by atoms with Gasteiger partial charge in [-0.3, -0.25) is 0 Å². The average Bonchev–Trinajstić information content (AvgIpc) is 2.73. The summed E-state index contributed by atoms with van der Waals surface area (Å²) in [4.78, 5) is 12.4. The fraction of sp³-hybridized carbons (Fsp3) is 0.632. The summed E-state index contributed by atoms with van der Waals surface area (Å²) >= 11 is 0. The predicted molar refractivity (Wildman–Crippen MR) is 91.7 cm³/mol. The monoisotopic (exact) mass is 316 g/mol. The molecule has 3 rings (SSSR count). The first-order valence-electron chi connectivity index (χ1n) is 9.12. The maximum Gasteiger partial charge on any atom is 0.315 e. The molecule has 1 aromatic rings. The first-order chi connectivity index (χ1) is 11.3. The normalized spacial score (nSPS) is 22.7. The molecule has 2 amide bonds. The third-order valence-corrected chi connectivity index (χ3v) is 4.93. The zero-order valence-corrected chi connectivity index (χ0v) is 13.9. The lowest BCUT2D eigenvalue weighted by molar-refractivity contribution is 0.229. The highest BCUT2D eigenvalue weighted by atomic mass is 16.5. The van der Waals surface area contributed by atoms with Crippen LogP contribution in [0.3, 0.4) is 0 Å². The van der Waals surface area contributed by atoms with Crippen molar-refractivity contribution in [3.8, 4) is 5.75 Å². The molecule has 0 spiro atoms. The third-order valence-electron chi connectivity index (χ3n) is 4.93. The lowest BCUT2D eigenvalue weighted by Crippen LogP contribution is -2.43. The number of hydrogen-bond donors (Lipinski definition) is 2. The van der Waals surface area contributed by atoms with Crippen LogP contribution in [0.15, 0.2) is 24.3 Å². The molecular formula is C19H28N2O2. The first-order valence-corrected chi connectivity index (χ1v) is 9.12. The van der Waals surface area contributed by atoms with Crippen LogP contribution in [0.1, 0.15) is 69.4 Å². The first kappa shape index (κ1) is 16.2. The van der Waals surface area contributed by atoms with Gasteiger partial charge in [-0.25, -0.2) is 4.79 Å². The van der Waals surface area contributed by atoms with Crippen molar-refractivity contribution in [3.05, 3.63) is 29.8 Å². The van der Waals surface area contributed by atoms with Crippen molar-refractivity contribution < 1.29 is 9.53 Å². The van der Waals surface area contributed by atoms with Gasteiger partial charge in [-0.05, 0) is 31.7 Å². The lowest BCUT2D eigenvalue weighted by atomic mass is 9.97. The van der Waals surface area contributed by atoms with Gasteiger partial charge >= 0.3 is 6.03 Å². The minimum atomic E-state index is -0.0303. The molecule has 1 atom stereocenters. The number of fused-ring (bicyclic) bond motifs is 1. The van der Waals surface area contributed by atoms with Gasteiger partial charge in [-0.15, -0.1) is 0 Å². The van der Waals surface area contributed by atoms with Crippen LogP contribution in [0.4, 0.5) is 4.79 Å². The summed E-state index contributed by atoms with van der Waals surface area (Å²) in [6, 6.07) is 8.38. The van der Waals surface area contributed by atoms with E-state index >= 15 is 0 Å². The molecule has 2 aliphatic rings. The van der Waals surface area contributed by atoms with Crippen LogP contribution in [-0.2, 0) is 0 Å². The highest BCUT2D eigenvalue weighted by molar-refractivity contribution is 5.75. The quantitative estimate of drug-likeness (QED) is 0.854. The average molecular weight is 316 g/mol. The van der Waals surface area contributed by atoms with Crippen molar-refractivity contribution in [2.24, 2.45) is 0 Å². The summed E-state index contributed by atoms with van der Waals surface area (Å²) in [5.41, 5.74) is 1.10. The summed E-state index contributed by atoms with van der Waals surface area (Å²) in [7, 11) is 0. The van der Waals surface area contributed by atoms with E-state index in [1.54, 1.807) is 0 Å². The molecule has 1 aliphatic heterocycles. The molecule has 126 valence electrons. The number of hydrogen-bond acceptors (Lipinski definition) is 2. The fourth-order valence-electron chi connectivity index (χ4n) is 3.66. The summed E-state index contributed by atoms with van der Waals surface area (Å²) in [5.74, 6) is 0.904. The molecular weight excluding hydrogens is 288 g/mol. The van der Waals surface area contributed by atoms with E-state index in [1.807, 2.05) is 18.2 Å². The molecule has 0 bridgehead atoms. The molecule has 1 aromatic carbocycles. The Labute approximate surface area is 139 Å². The van der Waals surface area contributed by atoms with E-state index in [0.717, 1.165) is 43.6 Å². The van der Waals surface area contributed by atoms with E-state index < -0.39 is 0 Å². The van der Waals surface area contributed by atoms with E-state index in [4.69, 9.17) is 4.74 Å². The van der Waals surface area contributed by atoms with Crippen LogP contribution in [0.5, 0.6) is 5.75 Å². The number of benzene rings is 1. The van der Waals surface area contributed by atoms with Crippen molar-refractivity contribution in [1.82, 2.24) is 10.6 Å². The van der Waals surface area contributed by atoms with Crippen LogP contribution < -0.4 is 15.4 Å². The van der Waals surface area contributed by atoms with Gasteiger partial charge in [0.05, 0.1) is 12.6 Å². The molecule has 0 saturated heterocycles. The van der Waals surface area contributed by atoms with E-state index in [-0.39, 0.29) is 12.1 Å². The van der Waals surface area contributed by atoms with Crippen molar-refractivity contribution in [3.63, 3.8) is 0 Å². The maximum atomic E-state index is 12.4. The van der Waals surface area contributed by atoms with Crippen molar-refractivity contribution >= 4 is 6.03 Å². The molecule has 4 nitrogen and oxygen atoms in total. The number of carbonyl (C=O) groups is 1. The number of amides is 2. The second kappa shape index (κ2) is 8.23. The third kappa shape index (κ3) is 4.63. The van der Waals surface area contributed by atoms with Crippen LogP contribution in [-0.4, -0.2) is 18.7 Å². The lowest BCUT2D eigenvalue weighted by Gasteiger charge is -2.24. The molecule has 1 unspecified atom stereocenters. The highest BCUT2D eigenvalue weighted by Crippen LogP contribution is 2.31. The minimum Gasteiger partial charge on any atom is -0.493 e. The van der Waals surface area contributed by atoms with E-state index in [0.29, 0.717) is 6.04 Å². The number of para-hydroxylation sites is 1. The molecule has 23 heavy (non-hydrogen) atoms. The topological polar surface area (TPSA) is 50.4 Å². The van der Waals surface area contributed by atoms with Crippen LogP contribution in [0.25, 0.3) is 0 Å². The molecule has 1 aliphatic carbocycles. The van der Waals surface area contributed by atoms with Crippen molar-refractivity contribution in [2.45, 2.75) is 69.9 Å². The standard InChI is InChI=1S/C19H28N2O2/c22-19(20-15-9-4-2-1-3-5-10-15)21-17-12-8-14-23-18-13-7-6-11-16(17)18/h6-7,11,13,15,17H,1-5,8-10,12,14H2,(H2,20,21,22). The zero-order valence-electron chi connectivity index (χ0n) is 13.9. The van der Waals surface area contributed by atoms with Gasteiger partial charge in [0.2, 0.25) is 0 Å². The number of carbonyl (C=O) groups excluding carboxylic acids is 1. The second-order valence-corrected chi connectivity index (χ2v) is 6.74. The molecule has 1 saturated carbocycles. The van der Waals surface area contributed by atoms with Crippen LogP contribution >= 0.6 is 0 Å². The van der Waals surface area contributed by atoms with Gasteiger partial charge < -0.3 is 15.4 Å². The van der Waals surface area contributed by atoms with Crippen LogP contribution in [0, 0.1) is 0 Å². The van der Waals surface area contributed by atoms with Crippen LogP contribution in [0.2, 0.25) is 0 Å². The van der Waals surface area contributed by atoms with E-state index in [2.05, 4.69) is 16.7 Å². The summed E-state index contributed by atoms with van der Waals surface area (Å²) in [6.45, 7) is 0.722. The van der Waals surface area contributed by atoms with E-state index in [1.165, 1.54) is 32.1 Å². The fourth-order valence-corrected chi connectivity index (χ4v) is 3.66. The van der Waals surface area contributed by atoms with Crippen molar-refractivity contribution in [1.29, 1.82) is 0 Å². The molecule has 1 heterocycles. The Bertz CT molecular complexity index is 510. The minimum absolute atomic E-state index is 0.0303. The van der Waals surface area contributed by atoms with Gasteiger partial charge in [0.1, 0.15) is 5.75 Å². The zero-order chi connectivity index (χ0) is 15.9. The molecule has 4 heteroatoms. The van der Waals surface area contributed by atoms with Gasteiger partial charge in [0.25, 0.3) is 0 Å². The van der Waals surface area contributed by atoms with Gasteiger partial charge in [-0.1, -0.05) is 50.3 Å². The van der Waals surface area contributed by atoms with E-state index in [9.17, 15) is 4.79 Å². The number of rotatable bonds is 2. The Hall–Kier alpha value is -1.71. The smallest absolute Gasteiger partial charge is 0.315 e. The molecule has 0 aromatic heterocycles. The SMILES string of the molecule is O=C(NC1CCCCCCC1)NC1CCCOc2ccccc21. The number of nitrogens with one attached hydrogen (secondary N) is 2. The largest absolute Gasteiger partial charge is 0.493 e. The van der Waals surface area contributed by atoms with Gasteiger partial charge in [0, 0.05) is 11.6 Å². The maximum absolute atomic E-state index is 12.4. The summed E-state index contributed by atoms with van der Waals surface area (Å²) in [6.07, 6.45) is 10.5. The summed E-state index contributed by atoms with van der Waals surface area (Å²) in [5, 5.41) is 6.36. The Morgan fingerprint density at radius 1 is 0.913 bits per heavy atom. The number of urea groups is 1. The highest BCUT2D eigenvalue weighted by Gasteiger charge is 2.22. The Kier molecular flexibility index (Phi) is 5.78. The van der Waals surface area contributed by atoms with Gasteiger partial charge in [-0.2, -0.15) is 0 Å². The predicted octanol–water partition coefficient (Wildman–Crippen LogP) is 4.31. The Balaban J connectivity index is 1.58. The van der Waals surface area contributed by atoms with Gasteiger partial charge in [0.15, 0.2) is 0 Å². The summed E-state index contributed by atoms with van der Waals surface area (Å²) < 4.78 is 5.77. The Morgan fingerprint density at radius 3 is 2.48 bits per heavy atom. The van der Waals surface area contributed by atoms with Crippen molar-refractivity contribution in [2.75, 3.05) is 6.61 Å². The second-order valence-electron chi connectivity index (χ2n) is 6.74. The number of ether oxygens (including phenoxy) is 1. The molecule has 1 fully saturated rings. The molecule has 0 radical (unpaired) electrons. The molecule has 2 N–H and O–H groups in total.